The van der Waals surface area contributed by atoms with E-state index in [0.29, 0.717) is 0 Å². The van der Waals surface area contributed by atoms with E-state index >= 15 is 0 Å². The molecule has 0 aromatic rings. The average molecular weight is 241 g/mol. The third-order valence-corrected chi connectivity index (χ3v) is 3.29. The van der Waals surface area contributed by atoms with E-state index < -0.39 is 25.4 Å². The van der Waals surface area contributed by atoms with Crippen LogP contribution in [0.5, 0.6) is 0 Å². The summed E-state index contributed by atoms with van der Waals surface area (Å²) >= 11 is 0. The normalized spacial score (nSPS) is 21.6. The third kappa shape index (κ3) is 3.81. The first-order valence-corrected chi connectivity index (χ1v) is 5.93. The molecule has 0 spiro atoms. The molecule has 1 aliphatic rings. The van der Waals surface area contributed by atoms with E-state index in [4.69, 9.17) is 14.3 Å². The van der Waals surface area contributed by atoms with E-state index in [0.717, 1.165) is 0 Å². The van der Waals surface area contributed by atoms with Crippen molar-refractivity contribution in [2.75, 3.05) is 6.54 Å². The fourth-order valence-corrected chi connectivity index (χ4v) is 1.57. The Morgan fingerprint density at radius 1 is 1.29 bits per heavy atom. The van der Waals surface area contributed by atoms with Gasteiger partial charge >= 0.3 is 14.2 Å². The Morgan fingerprint density at radius 3 is 2.18 bits per heavy atom. The van der Waals surface area contributed by atoms with Gasteiger partial charge in [0.25, 0.3) is 0 Å². The lowest BCUT2D eigenvalue weighted by molar-refractivity contribution is -0.116. The molecule has 0 radical (unpaired) electrons. The third-order valence-electron chi connectivity index (χ3n) is 3.29. The molecule has 96 valence electrons. The largest absolute Gasteiger partial charge is 0.465 e. The molecule has 0 aromatic carbocycles. The lowest BCUT2D eigenvalue weighted by Crippen LogP contribution is -2.41. The van der Waals surface area contributed by atoms with Crippen molar-refractivity contribution in [1.82, 2.24) is 5.23 Å². The van der Waals surface area contributed by atoms with Gasteiger partial charge < -0.3 is 19.6 Å². The molecule has 0 aromatic heterocycles. The van der Waals surface area contributed by atoms with Crippen LogP contribution in [0.4, 0.5) is 0 Å². The quantitative estimate of drug-likeness (QED) is 0.679. The molecule has 0 aliphatic carbocycles. The summed E-state index contributed by atoms with van der Waals surface area (Å²) in [6, 6.07) is 0. The van der Waals surface area contributed by atoms with Crippen LogP contribution < -0.4 is 5.23 Å². The van der Waals surface area contributed by atoms with E-state index in [1.165, 1.54) is 0 Å². The zero-order valence-electron chi connectivity index (χ0n) is 11.2. The molecule has 17 heavy (non-hydrogen) atoms. The summed E-state index contributed by atoms with van der Waals surface area (Å²) in [7, 11) is -1.18. The smallest absolute Gasteiger partial charge is 0.437 e. The molecule has 5 nitrogen and oxygen atoms in total. The average Bonchev–Trinajstić information content (AvgIpc) is 2.31. The minimum atomic E-state index is -0.683. The fraction of sp³-hybridized carbons (Fsp3) is 0.900. The van der Waals surface area contributed by atoms with Crippen molar-refractivity contribution in [2.24, 2.45) is 0 Å². The van der Waals surface area contributed by atoms with Gasteiger partial charge in [0.2, 0.25) is 0 Å². The Labute approximate surface area is 104 Å². The standard InChI is InChI=1S/C10H21B2NO4/c1-9(2)10(3,4)17-12(16-9)6-8(14)7-13-11(5)15/h13,15H,6-7H2,1-5H3. The molecule has 7 heteroatoms. The summed E-state index contributed by atoms with van der Waals surface area (Å²) in [4.78, 5) is 11.6. The second-order valence-corrected chi connectivity index (χ2v) is 5.49. The second-order valence-electron chi connectivity index (χ2n) is 5.49. The molecule has 0 atom stereocenters. The zero-order valence-corrected chi connectivity index (χ0v) is 11.2. The molecular formula is C10H21B2NO4. The maximum Gasteiger partial charge on any atom is 0.465 e. The van der Waals surface area contributed by atoms with Gasteiger partial charge in [-0.05, 0) is 34.5 Å². The number of ketones is 1. The number of hydrogen-bond acceptors (Lipinski definition) is 5. The highest BCUT2D eigenvalue weighted by Crippen LogP contribution is 2.37. The SMILES string of the molecule is CB(O)NCC(=O)CB1OC(C)(C)C(C)(C)O1. The van der Waals surface area contributed by atoms with Crippen molar-refractivity contribution >= 4 is 20.0 Å². The molecule has 0 saturated carbocycles. The molecule has 1 rings (SSSR count). The van der Waals surface area contributed by atoms with Crippen LogP contribution in [0.15, 0.2) is 0 Å². The Bertz CT molecular complexity index is 278. The first-order chi connectivity index (χ1) is 7.64. The topological polar surface area (TPSA) is 67.8 Å². The lowest BCUT2D eigenvalue weighted by atomic mass is 9.81. The molecule has 1 aliphatic heterocycles. The summed E-state index contributed by atoms with van der Waals surface area (Å²) in [6.07, 6.45) is 0.201. The highest BCUT2D eigenvalue weighted by Gasteiger charge is 2.51. The molecule has 1 fully saturated rings. The van der Waals surface area contributed by atoms with E-state index in [9.17, 15) is 4.79 Å². The minimum absolute atomic E-state index is 0.0376. The molecule has 2 N–H and O–H groups in total. The Hall–Kier alpha value is -0.360. The number of carbonyl (C=O) groups excluding carboxylic acids is 1. The van der Waals surface area contributed by atoms with Gasteiger partial charge in [0, 0.05) is 12.9 Å². The van der Waals surface area contributed by atoms with Crippen LogP contribution in [0.2, 0.25) is 13.1 Å². The number of hydrogen-bond donors (Lipinski definition) is 2. The summed E-state index contributed by atoms with van der Waals surface area (Å²) in [5, 5.41) is 11.7. The van der Waals surface area contributed by atoms with Crippen LogP contribution in [0, 0.1) is 0 Å². The summed E-state index contributed by atoms with van der Waals surface area (Å²) in [5.74, 6) is -0.0376. The predicted octanol–water partition coefficient (Wildman–Crippen LogP) is 0.348. The highest BCUT2D eigenvalue weighted by molar-refractivity contribution is 6.51. The van der Waals surface area contributed by atoms with Crippen molar-refractivity contribution in [2.45, 2.75) is 52.0 Å². The lowest BCUT2D eigenvalue weighted by Gasteiger charge is -2.32. The molecule has 1 heterocycles. The number of carbonyl (C=O) groups is 1. The first kappa shape index (κ1) is 14.7. The van der Waals surface area contributed by atoms with Crippen LogP contribution in [-0.4, -0.2) is 42.7 Å². The van der Waals surface area contributed by atoms with Gasteiger partial charge in [-0.15, -0.1) is 0 Å². The van der Waals surface area contributed by atoms with Crippen LogP contribution in [-0.2, 0) is 14.1 Å². The molecule has 0 bridgehead atoms. The molecule has 1 saturated heterocycles. The van der Waals surface area contributed by atoms with Gasteiger partial charge in [-0.3, -0.25) is 4.79 Å². The van der Waals surface area contributed by atoms with Gasteiger partial charge in [-0.25, -0.2) is 0 Å². The summed E-state index contributed by atoms with van der Waals surface area (Å²) < 4.78 is 11.4. The van der Waals surface area contributed by atoms with Crippen LogP contribution in [0.3, 0.4) is 0 Å². The Morgan fingerprint density at radius 2 is 1.76 bits per heavy atom. The van der Waals surface area contributed by atoms with Gasteiger partial charge in [0.05, 0.1) is 11.2 Å². The highest BCUT2D eigenvalue weighted by atomic mass is 16.7. The Balaban J connectivity index is 2.42. The monoisotopic (exact) mass is 241 g/mol. The second kappa shape index (κ2) is 5.10. The van der Waals surface area contributed by atoms with Crippen LogP contribution in [0.25, 0.3) is 0 Å². The van der Waals surface area contributed by atoms with Crippen LogP contribution >= 0.6 is 0 Å². The zero-order chi connectivity index (χ0) is 13.3. The van der Waals surface area contributed by atoms with Crippen LogP contribution in [0.1, 0.15) is 27.7 Å². The first-order valence-electron chi connectivity index (χ1n) is 5.93. The van der Waals surface area contributed by atoms with Gasteiger partial charge in [0.1, 0.15) is 5.78 Å². The number of nitrogens with one attached hydrogen (secondary N) is 1. The van der Waals surface area contributed by atoms with E-state index in [1.54, 1.807) is 6.82 Å². The van der Waals surface area contributed by atoms with Gasteiger partial charge in [-0.1, -0.05) is 0 Å². The molecule has 0 amide bonds. The van der Waals surface area contributed by atoms with Crippen molar-refractivity contribution < 1.29 is 19.1 Å². The molecule has 0 unspecified atom stereocenters. The maximum atomic E-state index is 11.6. The van der Waals surface area contributed by atoms with E-state index in [2.05, 4.69) is 5.23 Å². The predicted molar refractivity (Wildman–Crippen MR) is 67.7 cm³/mol. The maximum absolute atomic E-state index is 11.6. The van der Waals surface area contributed by atoms with E-state index in [1.807, 2.05) is 27.7 Å². The summed E-state index contributed by atoms with van der Waals surface area (Å²) in [5.41, 5.74) is -0.814. The summed E-state index contributed by atoms with van der Waals surface area (Å²) in [6.45, 7) is 9.50. The number of Topliss-reactive ketones (excluding diaryl/α,β-unsaturated/α-hetero) is 1. The number of rotatable bonds is 5. The van der Waals surface area contributed by atoms with Gasteiger partial charge in [-0.2, -0.15) is 0 Å². The van der Waals surface area contributed by atoms with Crippen molar-refractivity contribution in [3.8, 4) is 0 Å². The Kier molecular flexibility index (Phi) is 4.41. The van der Waals surface area contributed by atoms with Gasteiger partial charge in [0.15, 0.2) is 0 Å². The minimum Gasteiger partial charge on any atom is -0.437 e. The van der Waals surface area contributed by atoms with Crippen molar-refractivity contribution in [1.29, 1.82) is 0 Å². The van der Waals surface area contributed by atoms with E-state index in [-0.39, 0.29) is 18.6 Å². The van der Waals surface area contributed by atoms with Crippen molar-refractivity contribution in [3.05, 3.63) is 0 Å². The fourth-order valence-electron chi connectivity index (χ4n) is 1.57. The molecular weight excluding hydrogens is 220 g/mol. The van der Waals surface area contributed by atoms with Crippen molar-refractivity contribution in [3.63, 3.8) is 0 Å².